The molecule has 0 unspecified atom stereocenters. The first kappa shape index (κ1) is 9.62. The normalized spacial score (nSPS) is 9.93. The van der Waals surface area contributed by atoms with Crippen molar-refractivity contribution in [2.75, 3.05) is 0 Å². The summed E-state index contributed by atoms with van der Waals surface area (Å²) in [5, 5.41) is 8.80. The predicted molar refractivity (Wildman–Crippen MR) is 54.0 cm³/mol. The van der Waals surface area contributed by atoms with E-state index in [1.54, 1.807) is 17.0 Å². The number of rotatable bonds is 1. The zero-order valence-electron chi connectivity index (χ0n) is 7.85. The Morgan fingerprint density at radius 2 is 2.27 bits per heavy atom. The van der Waals surface area contributed by atoms with Crippen molar-refractivity contribution >= 4 is 11.6 Å². The summed E-state index contributed by atoms with van der Waals surface area (Å²) in [5.74, 6) is 1.02. The third-order valence-corrected chi connectivity index (χ3v) is 2.17. The first-order chi connectivity index (χ1) is 7.22. The van der Waals surface area contributed by atoms with Crippen LogP contribution >= 0.6 is 11.6 Å². The van der Waals surface area contributed by atoms with Gasteiger partial charge in [0.05, 0.1) is 6.20 Å². The third kappa shape index (κ3) is 1.67. The van der Waals surface area contributed by atoms with Crippen molar-refractivity contribution in [2.45, 2.75) is 0 Å². The molecule has 74 valence electrons. The zero-order valence-corrected chi connectivity index (χ0v) is 8.60. The van der Waals surface area contributed by atoms with Crippen molar-refractivity contribution in [3.8, 4) is 17.7 Å². The SMILES string of the molecule is Cn1ccnc1-c1ncc(C#N)c(Cl)n1. The molecule has 0 aliphatic heterocycles. The molecule has 0 N–H and O–H groups in total. The number of halogens is 1. The predicted octanol–water partition coefficient (Wildman–Crippen LogP) is 1.40. The fourth-order valence-electron chi connectivity index (χ4n) is 1.12. The maximum absolute atomic E-state index is 8.66. The molecule has 15 heavy (non-hydrogen) atoms. The van der Waals surface area contributed by atoms with E-state index in [4.69, 9.17) is 16.9 Å². The molecule has 0 amide bonds. The van der Waals surface area contributed by atoms with E-state index in [0.29, 0.717) is 11.6 Å². The maximum atomic E-state index is 8.66. The van der Waals surface area contributed by atoms with Crippen LogP contribution < -0.4 is 0 Å². The molecule has 0 aliphatic rings. The van der Waals surface area contributed by atoms with Crippen LogP contribution in [-0.4, -0.2) is 19.5 Å². The molecular weight excluding hydrogens is 214 g/mol. The fraction of sp³-hybridized carbons (Fsp3) is 0.111. The highest BCUT2D eigenvalue weighted by Gasteiger charge is 2.09. The Kier molecular flexibility index (Phi) is 2.35. The molecule has 6 heteroatoms. The van der Waals surface area contributed by atoms with E-state index in [1.807, 2.05) is 13.1 Å². The van der Waals surface area contributed by atoms with Gasteiger partial charge >= 0.3 is 0 Å². The Morgan fingerprint density at radius 3 is 2.80 bits per heavy atom. The average Bonchev–Trinajstić information content (AvgIpc) is 2.64. The van der Waals surface area contributed by atoms with Gasteiger partial charge in [-0.05, 0) is 0 Å². The lowest BCUT2D eigenvalue weighted by Crippen LogP contribution is -1.98. The smallest absolute Gasteiger partial charge is 0.197 e. The Balaban J connectivity index is 2.53. The van der Waals surface area contributed by atoms with Gasteiger partial charge in [0, 0.05) is 19.4 Å². The Bertz CT molecular complexity index is 540. The van der Waals surface area contributed by atoms with Crippen LogP contribution in [0.5, 0.6) is 0 Å². The van der Waals surface area contributed by atoms with E-state index in [9.17, 15) is 0 Å². The number of nitrogens with zero attached hydrogens (tertiary/aromatic N) is 5. The molecular formula is C9H6ClN5. The van der Waals surface area contributed by atoms with Gasteiger partial charge < -0.3 is 4.57 Å². The molecule has 0 saturated heterocycles. The molecule has 0 saturated carbocycles. The van der Waals surface area contributed by atoms with Gasteiger partial charge in [-0.3, -0.25) is 0 Å². The summed E-state index contributed by atoms with van der Waals surface area (Å²) >= 11 is 5.79. The topological polar surface area (TPSA) is 67.4 Å². The van der Waals surface area contributed by atoms with Gasteiger partial charge in [0.2, 0.25) is 0 Å². The van der Waals surface area contributed by atoms with Crippen LogP contribution in [0.1, 0.15) is 5.56 Å². The number of imidazole rings is 1. The highest BCUT2D eigenvalue weighted by molar-refractivity contribution is 6.30. The van der Waals surface area contributed by atoms with Gasteiger partial charge in [-0.25, -0.2) is 15.0 Å². The summed E-state index contributed by atoms with van der Waals surface area (Å²) in [4.78, 5) is 12.1. The molecule has 0 aromatic carbocycles. The lowest BCUT2D eigenvalue weighted by molar-refractivity contribution is 0.905. The second-order valence-corrected chi connectivity index (χ2v) is 3.23. The van der Waals surface area contributed by atoms with E-state index in [2.05, 4.69) is 15.0 Å². The lowest BCUT2D eigenvalue weighted by Gasteiger charge is -2.00. The number of aryl methyl sites for hydroxylation is 1. The summed E-state index contributed by atoms with van der Waals surface area (Å²) in [5.41, 5.74) is 0.259. The first-order valence-corrected chi connectivity index (χ1v) is 4.50. The van der Waals surface area contributed by atoms with Gasteiger partial charge in [0.15, 0.2) is 16.8 Å². The monoisotopic (exact) mass is 219 g/mol. The minimum atomic E-state index is 0.144. The van der Waals surface area contributed by atoms with Gasteiger partial charge in [0.1, 0.15) is 11.6 Å². The zero-order chi connectivity index (χ0) is 10.8. The molecule has 2 aromatic heterocycles. The van der Waals surface area contributed by atoms with Crippen LogP contribution in [0.4, 0.5) is 0 Å². The van der Waals surface area contributed by atoms with Gasteiger partial charge in [-0.2, -0.15) is 5.26 Å². The van der Waals surface area contributed by atoms with Crippen LogP contribution in [0.15, 0.2) is 18.6 Å². The van der Waals surface area contributed by atoms with Crippen molar-refractivity contribution in [3.63, 3.8) is 0 Å². The molecule has 2 rings (SSSR count). The number of aromatic nitrogens is 4. The molecule has 0 spiro atoms. The molecule has 0 radical (unpaired) electrons. The van der Waals surface area contributed by atoms with Crippen LogP contribution in [-0.2, 0) is 7.05 Å². The van der Waals surface area contributed by atoms with Crippen LogP contribution in [0.2, 0.25) is 5.15 Å². The summed E-state index contributed by atoms with van der Waals surface area (Å²) in [7, 11) is 1.83. The largest absolute Gasteiger partial charge is 0.331 e. The van der Waals surface area contributed by atoms with E-state index in [-0.39, 0.29) is 10.7 Å². The van der Waals surface area contributed by atoms with Crippen molar-refractivity contribution in [3.05, 3.63) is 29.3 Å². The molecule has 2 heterocycles. The van der Waals surface area contributed by atoms with Crippen molar-refractivity contribution in [1.29, 1.82) is 5.26 Å². The Labute approximate surface area is 91.0 Å². The third-order valence-electron chi connectivity index (χ3n) is 1.88. The van der Waals surface area contributed by atoms with E-state index >= 15 is 0 Å². The van der Waals surface area contributed by atoms with Crippen LogP contribution in [0, 0.1) is 11.3 Å². The molecule has 5 nitrogen and oxygen atoms in total. The first-order valence-electron chi connectivity index (χ1n) is 4.12. The maximum Gasteiger partial charge on any atom is 0.197 e. The van der Waals surface area contributed by atoms with E-state index in [0.717, 1.165) is 0 Å². The van der Waals surface area contributed by atoms with E-state index in [1.165, 1.54) is 6.20 Å². The molecule has 0 bridgehead atoms. The van der Waals surface area contributed by atoms with Crippen molar-refractivity contribution in [1.82, 2.24) is 19.5 Å². The summed E-state index contributed by atoms with van der Waals surface area (Å²) in [6.45, 7) is 0. The lowest BCUT2D eigenvalue weighted by atomic mass is 10.4. The standard InChI is InChI=1S/C9H6ClN5/c1-15-3-2-12-9(15)8-13-5-6(4-11)7(10)14-8/h2-3,5H,1H3. The second-order valence-electron chi connectivity index (χ2n) is 2.87. The average molecular weight is 220 g/mol. The minimum absolute atomic E-state index is 0.144. The Hall–Kier alpha value is -1.93. The van der Waals surface area contributed by atoms with Crippen LogP contribution in [0.25, 0.3) is 11.6 Å². The quantitative estimate of drug-likeness (QED) is 0.680. The van der Waals surface area contributed by atoms with Crippen molar-refractivity contribution in [2.24, 2.45) is 7.05 Å². The molecule has 0 fully saturated rings. The van der Waals surface area contributed by atoms with E-state index < -0.39 is 0 Å². The van der Waals surface area contributed by atoms with Gasteiger partial charge in [0.25, 0.3) is 0 Å². The van der Waals surface area contributed by atoms with Gasteiger partial charge in [-0.15, -0.1) is 0 Å². The molecule has 0 atom stereocenters. The van der Waals surface area contributed by atoms with Gasteiger partial charge in [-0.1, -0.05) is 11.6 Å². The highest BCUT2D eigenvalue weighted by atomic mass is 35.5. The second kappa shape index (κ2) is 3.67. The minimum Gasteiger partial charge on any atom is -0.331 e. The summed E-state index contributed by atoms with van der Waals surface area (Å²) in [6, 6.07) is 1.90. The number of hydrogen-bond acceptors (Lipinski definition) is 4. The van der Waals surface area contributed by atoms with Crippen LogP contribution in [0.3, 0.4) is 0 Å². The number of nitriles is 1. The van der Waals surface area contributed by atoms with Crippen molar-refractivity contribution < 1.29 is 0 Å². The fourth-order valence-corrected chi connectivity index (χ4v) is 1.30. The summed E-state index contributed by atoms with van der Waals surface area (Å²) < 4.78 is 1.78. The Morgan fingerprint density at radius 1 is 1.47 bits per heavy atom. The number of hydrogen-bond donors (Lipinski definition) is 0. The highest BCUT2D eigenvalue weighted by Crippen LogP contribution is 2.16. The molecule has 2 aromatic rings. The molecule has 0 aliphatic carbocycles. The summed E-state index contributed by atoms with van der Waals surface area (Å²) in [6.07, 6.45) is 4.81.